The molecule has 320 valence electrons. The largest absolute Gasteiger partial charge is 0.756 e. The standard InChI is InChI=1S/C46H84NO7P/c1-6-8-10-12-14-16-18-20-22-23-24-25-26-27-29-31-33-35-37-39-46(48)54-45(44-53-55(49,50)52-42-40-47(3,4)5)43-51-41-38-36-34-32-30-28-21-19-17-15-13-11-9-7-2/h14,16,20,22,24-25,27,29,33,35,45H,6-13,15,17-19,21,23,26,28,30-32,34,36-44H2,1-5H3/b16-14-,22-20-,25-24-,29-27-,35-33-. The van der Waals surface area contributed by atoms with Crippen molar-refractivity contribution in [2.24, 2.45) is 0 Å². The lowest BCUT2D eigenvalue weighted by atomic mass is 10.0. The van der Waals surface area contributed by atoms with E-state index in [1.54, 1.807) is 0 Å². The van der Waals surface area contributed by atoms with Crippen LogP contribution in [0.3, 0.4) is 0 Å². The highest BCUT2D eigenvalue weighted by Crippen LogP contribution is 2.38. The van der Waals surface area contributed by atoms with Gasteiger partial charge < -0.3 is 27.9 Å². The van der Waals surface area contributed by atoms with Gasteiger partial charge in [0.2, 0.25) is 0 Å². The number of unbranched alkanes of at least 4 members (excludes halogenated alkanes) is 16. The van der Waals surface area contributed by atoms with Gasteiger partial charge in [0.15, 0.2) is 0 Å². The second-order valence-electron chi connectivity index (χ2n) is 15.7. The van der Waals surface area contributed by atoms with E-state index in [0.29, 0.717) is 24.1 Å². The van der Waals surface area contributed by atoms with Gasteiger partial charge in [-0.15, -0.1) is 0 Å². The molecule has 9 heteroatoms. The normalized spacial score (nSPS) is 14.4. The molecule has 0 rings (SSSR count). The third kappa shape index (κ3) is 43.2. The zero-order valence-electron chi connectivity index (χ0n) is 36.1. The van der Waals surface area contributed by atoms with Gasteiger partial charge in [0.1, 0.15) is 19.3 Å². The average molecular weight is 794 g/mol. The fourth-order valence-electron chi connectivity index (χ4n) is 5.65. The highest BCUT2D eigenvalue weighted by atomic mass is 31.2. The minimum atomic E-state index is -4.54. The number of hydrogen-bond acceptors (Lipinski definition) is 7. The van der Waals surface area contributed by atoms with E-state index in [-0.39, 0.29) is 26.2 Å². The number of allylic oxidation sites excluding steroid dienone is 10. The fourth-order valence-corrected chi connectivity index (χ4v) is 6.37. The highest BCUT2D eigenvalue weighted by molar-refractivity contribution is 7.45. The zero-order valence-corrected chi connectivity index (χ0v) is 37.0. The van der Waals surface area contributed by atoms with Crippen molar-refractivity contribution in [3.8, 4) is 0 Å². The number of hydrogen-bond donors (Lipinski definition) is 0. The molecule has 0 aliphatic carbocycles. The zero-order chi connectivity index (χ0) is 40.6. The molecule has 0 heterocycles. The summed E-state index contributed by atoms with van der Waals surface area (Å²) in [6.07, 6.45) is 48.2. The molecule has 2 unspecified atom stereocenters. The van der Waals surface area contributed by atoms with Crippen molar-refractivity contribution >= 4 is 13.8 Å². The van der Waals surface area contributed by atoms with Gasteiger partial charge in [-0.2, -0.15) is 0 Å². The quantitative estimate of drug-likeness (QED) is 0.0200. The first-order valence-corrected chi connectivity index (χ1v) is 23.5. The summed E-state index contributed by atoms with van der Waals surface area (Å²) in [5, 5.41) is 0. The molecule has 0 radical (unpaired) electrons. The van der Waals surface area contributed by atoms with Crippen molar-refractivity contribution in [3.63, 3.8) is 0 Å². The Kier molecular flexibility index (Phi) is 37.8. The van der Waals surface area contributed by atoms with Crippen LogP contribution in [0, 0.1) is 0 Å². The number of carbonyl (C=O) groups is 1. The lowest BCUT2D eigenvalue weighted by Crippen LogP contribution is -2.37. The summed E-state index contributed by atoms with van der Waals surface area (Å²) in [6.45, 7) is 5.28. The Morgan fingerprint density at radius 3 is 1.49 bits per heavy atom. The Morgan fingerprint density at radius 1 is 0.564 bits per heavy atom. The number of carbonyl (C=O) groups excluding carboxylic acids is 1. The van der Waals surface area contributed by atoms with Crippen molar-refractivity contribution in [1.82, 2.24) is 0 Å². The van der Waals surface area contributed by atoms with Crippen LogP contribution in [0.2, 0.25) is 0 Å². The molecule has 0 aromatic carbocycles. The summed E-state index contributed by atoms with van der Waals surface area (Å²) >= 11 is 0. The van der Waals surface area contributed by atoms with Crippen LogP contribution >= 0.6 is 7.82 Å². The molecular weight excluding hydrogens is 709 g/mol. The van der Waals surface area contributed by atoms with Crippen LogP contribution in [0.25, 0.3) is 0 Å². The number of likely N-dealkylation sites (N-methyl/N-ethyl adjacent to an activating group) is 1. The summed E-state index contributed by atoms with van der Waals surface area (Å²) in [7, 11) is 1.31. The van der Waals surface area contributed by atoms with Crippen molar-refractivity contribution in [3.05, 3.63) is 60.8 Å². The Morgan fingerprint density at radius 2 is 1.00 bits per heavy atom. The number of phosphoric acid groups is 1. The van der Waals surface area contributed by atoms with Gasteiger partial charge in [0, 0.05) is 13.0 Å². The number of rotatable bonds is 40. The molecule has 0 N–H and O–H groups in total. The number of esters is 1. The second kappa shape index (κ2) is 39.0. The summed E-state index contributed by atoms with van der Waals surface area (Å²) < 4.78 is 34.5. The maximum absolute atomic E-state index is 12.6. The van der Waals surface area contributed by atoms with E-state index >= 15 is 0 Å². The number of phosphoric ester groups is 1. The predicted molar refractivity (Wildman–Crippen MR) is 231 cm³/mol. The minimum Gasteiger partial charge on any atom is -0.756 e. The van der Waals surface area contributed by atoms with Crippen molar-refractivity contribution < 1.29 is 37.3 Å². The molecule has 0 aromatic rings. The van der Waals surface area contributed by atoms with Crippen LogP contribution in [0.5, 0.6) is 0 Å². The van der Waals surface area contributed by atoms with E-state index in [4.69, 9.17) is 18.5 Å². The molecule has 2 atom stereocenters. The van der Waals surface area contributed by atoms with E-state index in [1.807, 2.05) is 33.3 Å². The van der Waals surface area contributed by atoms with Gasteiger partial charge >= 0.3 is 5.97 Å². The molecule has 0 aliphatic heterocycles. The molecule has 0 saturated heterocycles. The first-order chi connectivity index (χ1) is 26.6. The van der Waals surface area contributed by atoms with Crippen LogP contribution in [0.4, 0.5) is 0 Å². The lowest BCUT2D eigenvalue weighted by molar-refractivity contribution is -0.870. The second-order valence-corrected chi connectivity index (χ2v) is 17.1. The Balaban J connectivity index is 4.38. The van der Waals surface area contributed by atoms with Gasteiger partial charge in [0.25, 0.3) is 7.82 Å². The molecule has 0 spiro atoms. The first-order valence-electron chi connectivity index (χ1n) is 22.0. The molecule has 8 nitrogen and oxygen atoms in total. The summed E-state index contributed by atoms with van der Waals surface area (Å²) in [4.78, 5) is 25.0. The van der Waals surface area contributed by atoms with Crippen LogP contribution in [-0.4, -0.2) is 70.7 Å². The molecule has 0 aromatic heterocycles. The molecule has 0 fully saturated rings. The maximum Gasteiger partial charge on any atom is 0.306 e. The summed E-state index contributed by atoms with van der Waals surface area (Å²) in [5.74, 6) is -0.414. The number of quaternary nitrogens is 1. The summed E-state index contributed by atoms with van der Waals surface area (Å²) in [5.41, 5.74) is 0. The van der Waals surface area contributed by atoms with E-state index in [2.05, 4.69) is 62.5 Å². The fraction of sp³-hybridized carbons (Fsp3) is 0.761. The van der Waals surface area contributed by atoms with Gasteiger partial charge in [-0.05, 0) is 51.4 Å². The summed E-state index contributed by atoms with van der Waals surface area (Å²) in [6, 6.07) is 0. The monoisotopic (exact) mass is 794 g/mol. The van der Waals surface area contributed by atoms with E-state index in [0.717, 1.165) is 38.5 Å². The maximum atomic E-state index is 12.6. The number of nitrogens with zero attached hydrogens (tertiary/aromatic N) is 1. The third-order valence-electron chi connectivity index (χ3n) is 9.09. The topological polar surface area (TPSA) is 94.1 Å². The van der Waals surface area contributed by atoms with Gasteiger partial charge in [-0.1, -0.05) is 171 Å². The SMILES string of the molecule is CCCCC/C=C\C/C=C\C/C=C\C/C=C\C/C=C\CCC(=O)OC(COCCCCCCCCCCCCCCCC)COP(=O)([O-])OCC[N+](C)(C)C. The van der Waals surface area contributed by atoms with Crippen LogP contribution in [-0.2, 0) is 27.9 Å². The Hall–Kier alpha value is -1.80. The third-order valence-corrected chi connectivity index (χ3v) is 10.0. The van der Waals surface area contributed by atoms with Crippen LogP contribution < -0.4 is 4.89 Å². The van der Waals surface area contributed by atoms with Crippen LogP contribution in [0.15, 0.2) is 60.8 Å². The van der Waals surface area contributed by atoms with Gasteiger partial charge in [0.05, 0.1) is 34.4 Å². The molecular formula is C46H84NO7P. The lowest BCUT2D eigenvalue weighted by Gasteiger charge is -2.28. The predicted octanol–water partition coefficient (Wildman–Crippen LogP) is 12.3. The molecule has 55 heavy (non-hydrogen) atoms. The highest BCUT2D eigenvalue weighted by Gasteiger charge is 2.20. The molecule has 0 amide bonds. The van der Waals surface area contributed by atoms with Gasteiger partial charge in [-0.25, -0.2) is 0 Å². The Bertz CT molecular complexity index is 1060. The van der Waals surface area contributed by atoms with Crippen molar-refractivity contribution in [2.45, 2.75) is 174 Å². The average Bonchev–Trinajstić information content (AvgIpc) is 3.13. The minimum absolute atomic E-state index is 0.0117. The van der Waals surface area contributed by atoms with E-state index < -0.39 is 19.9 Å². The molecule has 0 aliphatic rings. The first kappa shape index (κ1) is 53.2. The van der Waals surface area contributed by atoms with Crippen molar-refractivity contribution in [2.75, 3.05) is 54.1 Å². The van der Waals surface area contributed by atoms with Crippen molar-refractivity contribution in [1.29, 1.82) is 0 Å². The van der Waals surface area contributed by atoms with E-state index in [1.165, 1.54) is 103 Å². The van der Waals surface area contributed by atoms with Crippen LogP contribution in [0.1, 0.15) is 168 Å². The smallest absolute Gasteiger partial charge is 0.306 e. The molecule has 0 bridgehead atoms. The number of ether oxygens (including phenoxy) is 2. The van der Waals surface area contributed by atoms with Gasteiger partial charge in [-0.3, -0.25) is 9.36 Å². The Labute approximate surface area is 339 Å². The van der Waals surface area contributed by atoms with E-state index in [9.17, 15) is 14.3 Å². The molecule has 0 saturated carbocycles.